The summed E-state index contributed by atoms with van der Waals surface area (Å²) >= 11 is 0. The van der Waals surface area contributed by atoms with E-state index in [0.717, 1.165) is 0 Å². The third-order valence-electron chi connectivity index (χ3n) is 2.63. The third kappa shape index (κ3) is 4.37. The second kappa shape index (κ2) is 5.84. The molecule has 0 bridgehead atoms. The highest BCUT2D eigenvalue weighted by Gasteiger charge is 2.18. The van der Waals surface area contributed by atoms with E-state index in [4.69, 9.17) is 5.73 Å². The Morgan fingerprint density at radius 3 is 2.53 bits per heavy atom. The van der Waals surface area contributed by atoms with E-state index >= 15 is 0 Å². The predicted molar refractivity (Wildman–Crippen MR) is 74.0 cm³/mol. The van der Waals surface area contributed by atoms with Crippen LogP contribution in [0.25, 0.3) is 0 Å². The Hall–Kier alpha value is -1.88. The molecule has 0 aromatic heterocycles. The van der Waals surface area contributed by atoms with E-state index in [2.05, 4.69) is 10.1 Å². The number of methoxy groups -OCH3 is 1. The van der Waals surface area contributed by atoms with Crippen molar-refractivity contribution in [3.63, 3.8) is 0 Å². The first-order valence-electron chi connectivity index (χ1n) is 6.01. The van der Waals surface area contributed by atoms with Gasteiger partial charge >= 0.3 is 5.97 Å². The molecule has 1 aromatic carbocycles. The first-order chi connectivity index (χ1) is 8.74. The zero-order valence-electron chi connectivity index (χ0n) is 11.7. The fourth-order valence-corrected chi connectivity index (χ4v) is 1.71. The van der Waals surface area contributed by atoms with Crippen LogP contribution in [-0.4, -0.2) is 24.5 Å². The summed E-state index contributed by atoms with van der Waals surface area (Å²) in [7, 11) is 1.32. The number of carbonyl (C=O) groups is 2. The Labute approximate surface area is 113 Å². The van der Waals surface area contributed by atoms with Gasteiger partial charge < -0.3 is 15.8 Å². The van der Waals surface area contributed by atoms with Crippen LogP contribution >= 0.6 is 0 Å². The van der Waals surface area contributed by atoms with Crippen LogP contribution in [0.5, 0.6) is 0 Å². The summed E-state index contributed by atoms with van der Waals surface area (Å²) in [5.41, 5.74) is 6.93. The molecule has 0 saturated carbocycles. The number of hydrogen-bond acceptors (Lipinski definition) is 4. The number of nitrogens with two attached hydrogens (primary N) is 1. The lowest BCUT2D eigenvalue weighted by Gasteiger charge is -2.18. The van der Waals surface area contributed by atoms with Gasteiger partial charge in [-0.05, 0) is 38.5 Å². The molecular weight excluding hydrogens is 244 g/mol. The van der Waals surface area contributed by atoms with Crippen molar-refractivity contribution in [2.45, 2.75) is 32.7 Å². The maximum atomic E-state index is 11.8. The van der Waals surface area contributed by atoms with E-state index in [1.807, 2.05) is 0 Å². The van der Waals surface area contributed by atoms with Crippen molar-refractivity contribution in [3.8, 4) is 0 Å². The van der Waals surface area contributed by atoms with Crippen LogP contribution in [0, 0.1) is 6.92 Å². The Bertz CT molecular complexity index is 490. The van der Waals surface area contributed by atoms with Gasteiger partial charge in [-0.2, -0.15) is 0 Å². The molecule has 1 amide bonds. The summed E-state index contributed by atoms with van der Waals surface area (Å²) in [6.07, 6.45) is 0.203. The summed E-state index contributed by atoms with van der Waals surface area (Å²) in [4.78, 5) is 23.4. The van der Waals surface area contributed by atoms with E-state index in [1.54, 1.807) is 39.0 Å². The molecule has 0 fully saturated rings. The maximum absolute atomic E-state index is 11.8. The van der Waals surface area contributed by atoms with E-state index in [0.29, 0.717) is 16.8 Å². The molecule has 1 rings (SSSR count). The summed E-state index contributed by atoms with van der Waals surface area (Å²) in [5.74, 6) is -0.606. The first-order valence-corrected chi connectivity index (χ1v) is 6.01. The zero-order valence-corrected chi connectivity index (χ0v) is 11.7. The van der Waals surface area contributed by atoms with E-state index in [1.165, 1.54) is 7.11 Å². The molecule has 0 aliphatic heterocycles. The van der Waals surface area contributed by atoms with Gasteiger partial charge in [-0.1, -0.05) is 6.07 Å². The number of rotatable bonds is 4. The lowest BCUT2D eigenvalue weighted by molar-refractivity contribution is -0.117. The summed E-state index contributed by atoms with van der Waals surface area (Å²) in [5, 5.41) is 2.76. The van der Waals surface area contributed by atoms with Crippen molar-refractivity contribution in [1.29, 1.82) is 0 Å². The minimum atomic E-state index is -0.571. The summed E-state index contributed by atoms with van der Waals surface area (Å²) in [6, 6.07) is 5.09. The van der Waals surface area contributed by atoms with Crippen LogP contribution in [0.2, 0.25) is 0 Å². The molecule has 1 aromatic rings. The second-order valence-electron chi connectivity index (χ2n) is 5.18. The van der Waals surface area contributed by atoms with Gasteiger partial charge in [0, 0.05) is 17.6 Å². The Morgan fingerprint density at radius 1 is 1.37 bits per heavy atom. The zero-order chi connectivity index (χ0) is 14.6. The van der Waals surface area contributed by atoms with Gasteiger partial charge in [0.25, 0.3) is 0 Å². The maximum Gasteiger partial charge on any atom is 0.338 e. The number of carbonyl (C=O) groups excluding carboxylic acids is 2. The molecule has 5 heteroatoms. The Morgan fingerprint density at radius 2 is 2.00 bits per heavy atom. The Balaban J connectivity index is 2.91. The number of benzene rings is 1. The minimum Gasteiger partial charge on any atom is -0.465 e. The van der Waals surface area contributed by atoms with E-state index < -0.39 is 11.5 Å². The van der Waals surface area contributed by atoms with Gasteiger partial charge in [0.15, 0.2) is 0 Å². The molecule has 19 heavy (non-hydrogen) atoms. The average molecular weight is 264 g/mol. The highest BCUT2D eigenvalue weighted by atomic mass is 16.5. The molecule has 0 saturated heterocycles. The third-order valence-corrected chi connectivity index (χ3v) is 2.63. The molecule has 0 aliphatic rings. The molecule has 0 unspecified atom stereocenters. The van der Waals surface area contributed by atoms with E-state index in [-0.39, 0.29) is 12.3 Å². The molecular formula is C14H20N2O3. The molecule has 104 valence electrons. The van der Waals surface area contributed by atoms with Crippen LogP contribution in [-0.2, 0) is 9.53 Å². The number of nitrogens with one attached hydrogen (secondary N) is 1. The fourth-order valence-electron chi connectivity index (χ4n) is 1.71. The van der Waals surface area contributed by atoms with Crippen molar-refractivity contribution in [2.24, 2.45) is 5.73 Å². The van der Waals surface area contributed by atoms with Crippen LogP contribution in [0.15, 0.2) is 18.2 Å². The number of hydrogen-bond donors (Lipinski definition) is 2. The van der Waals surface area contributed by atoms with Crippen molar-refractivity contribution in [2.75, 3.05) is 12.4 Å². The number of anilines is 1. The standard InChI is InChI=1S/C14H20N2O3/c1-9-10(13(18)19-4)6-5-7-11(9)16-12(17)8-14(2,3)15/h5-7H,8,15H2,1-4H3,(H,16,17). The molecule has 0 spiro atoms. The van der Waals surface area contributed by atoms with Gasteiger partial charge in [0.2, 0.25) is 5.91 Å². The number of amides is 1. The largest absolute Gasteiger partial charge is 0.465 e. The predicted octanol–water partition coefficient (Wildman–Crippen LogP) is 1.85. The Kier molecular flexibility index (Phi) is 4.67. The van der Waals surface area contributed by atoms with Crippen molar-refractivity contribution < 1.29 is 14.3 Å². The summed E-state index contributed by atoms with van der Waals surface area (Å²) in [6.45, 7) is 5.32. The summed E-state index contributed by atoms with van der Waals surface area (Å²) < 4.78 is 4.69. The molecule has 0 heterocycles. The molecule has 0 atom stereocenters. The highest BCUT2D eigenvalue weighted by Crippen LogP contribution is 2.20. The van der Waals surface area contributed by atoms with Gasteiger partial charge in [-0.15, -0.1) is 0 Å². The van der Waals surface area contributed by atoms with Crippen molar-refractivity contribution in [1.82, 2.24) is 0 Å². The van der Waals surface area contributed by atoms with Gasteiger partial charge in [0.1, 0.15) is 0 Å². The number of ether oxygens (including phenoxy) is 1. The molecule has 0 aliphatic carbocycles. The van der Waals surface area contributed by atoms with Crippen LogP contribution in [0.3, 0.4) is 0 Å². The normalized spacial score (nSPS) is 11.0. The SMILES string of the molecule is COC(=O)c1cccc(NC(=O)CC(C)(C)N)c1C. The monoisotopic (exact) mass is 264 g/mol. The van der Waals surface area contributed by atoms with Gasteiger partial charge in [-0.25, -0.2) is 4.79 Å². The van der Waals surface area contributed by atoms with Crippen LogP contribution < -0.4 is 11.1 Å². The topological polar surface area (TPSA) is 81.4 Å². The minimum absolute atomic E-state index is 0.183. The van der Waals surface area contributed by atoms with Gasteiger partial charge in [-0.3, -0.25) is 4.79 Å². The van der Waals surface area contributed by atoms with Crippen molar-refractivity contribution in [3.05, 3.63) is 29.3 Å². The van der Waals surface area contributed by atoms with Crippen LogP contribution in [0.1, 0.15) is 36.2 Å². The molecule has 5 nitrogen and oxygen atoms in total. The van der Waals surface area contributed by atoms with E-state index in [9.17, 15) is 9.59 Å². The molecule has 3 N–H and O–H groups in total. The van der Waals surface area contributed by atoms with Gasteiger partial charge in [0.05, 0.1) is 12.7 Å². The quantitative estimate of drug-likeness (QED) is 0.813. The lowest BCUT2D eigenvalue weighted by atomic mass is 10.0. The number of esters is 1. The smallest absolute Gasteiger partial charge is 0.338 e. The fraction of sp³-hybridized carbons (Fsp3) is 0.429. The highest BCUT2D eigenvalue weighted by molar-refractivity contribution is 5.97. The van der Waals surface area contributed by atoms with Crippen LogP contribution in [0.4, 0.5) is 5.69 Å². The first kappa shape index (κ1) is 15.2. The lowest BCUT2D eigenvalue weighted by Crippen LogP contribution is -2.36. The van der Waals surface area contributed by atoms with Crippen molar-refractivity contribution >= 4 is 17.6 Å². The molecule has 0 radical (unpaired) electrons. The average Bonchev–Trinajstić information content (AvgIpc) is 2.28. The second-order valence-corrected chi connectivity index (χ2v) is 5.18.